The van der Waals surface area contributed by atoms with Gasteiger partial charge in [0.2, 0.25) is 11.7 Å². The average Bonchev–Trinajstić information content (AvgIpc) is 3.41. The molecule has 1 aliphatic heterocycles. The third-order valence-corrected chi connectivity index (χ3v) is 7.96. The van der Waals surface area contributed by atoms with Gasteiger partial charge in [0, 0.05) is 36.6 Å². The highest BCUT2D eigenvalue weighted by Crippen LogP contribution is 2.58. The van der Waals surface area contributed by atoms with Crippen LogP contribution in [0.5, 0.6) is 0 Å². The summed E-state index contributed by atoms with van der Waals surface area (Å²) in [6.07, 6.45) is 1.53. The van der Waals surface area contributed by atoms with Crippen LogP contribution in [0.2, 0.25) is 0 Å². The smallest absolute Gasteiger partial charge is 0.410 e. The van der Waals surface area contributed by atoms with Crippen LogP contribution in [0.3, 0.4) is 0 Å². The number of nitrogens with zero attached hydrogens (tertiary/aromatic N) is 7. The number of alkyl halides is 3. The molecule has 1 N–H and O–H groups in total. The molecule has 4 aromatic heterocycles. The standard InChI is InChI=1S/C31H33F3N8O4/c1-29(2,3)45-28(44)41-13-5-6-20(16-41)27-39-25(40-46-27)19-9-10-24(35-14-19)38-26(43)23-8-4-7-22(37-23)21-15-36-42(17-21)18-30(11-12-30)31(32,33)34/h4,7-10,14-15,17,20H,5-6,11-13,16,18H2,1-3H3,(H,35,38,43)/t20-/m0/s1. The van der Waals surface area contributed by atoms with E-state index in [-0.39, 0.29) is 42.9 Å². The van der Waals surface area contributed by atoms with Crippen LogP contribution in [-0.4, -0.2) is 71.7 Å². The van der Waals surface area contributed by atoms with Gasteiger partial charge >= 0.3 is 12.3 Å². The second-order valence-corrected chi connectivity index (χ2v) is 12.7. The molecular formula is C31H33F3N8O4. The summed E-state index contributed by atoms with van der Waals surface area (Å²) in [5.41, 5.74) is -0.736. The van der Waals surface area contributed by atoms with Gasteiger partial charge in [-0.05, 0) is 70.7 Å². The van der Waals surface area contributed by atoms with Gasteiger partial charge < -0.3 is 19.5 Å². The zero-order valence-electron chi connectivity index (χ0n) is 25.5. The van der Waals surface area contributed by atoms with Crippen LogP contribution in [0, 0.1) is 5.41 Å². The first-order valence-corrected chi connectivity index (χ1v) is 14.9. The number of piperidine rings is 1. The molecule has 0 aromatic carbocycles. The van der Waals surface area contributed by atoms with Crippen LogP contribution in [0.15, 0.2) is 53.4 Å². The summed E-state index contributed by atoms with van der Waals surface area (Å²) in [6, 6.07) is 8.10. The first-order valence-electron chi connectivity index (χ1n) is 14.9. The molecule has 0 unspecified atom stereocenters. The van der Waals surface area contributed by atoms with E-state index in [4.69, 9.17) is 9.26 Å². The monoisotopic (exact) mass is 638 g/mol. The molecule has 2 amide bonds. The van der Waals surface area contributed by atoms with E-state index in [1.54, 1.807) is 29.2 Å². The lowest BCUT2D eigenvalue weighted by Gasteiger charge is -2.32. The molecule has 12 nitrogen and oxygen atoms in total. The number of amides is 2. The van der Waals surface area contributed by atoms with E-state index < -0.39 is 23.1 Å². The molecular weight excluding hydrogens is 605 g/mol. The van der Waals surface area contributed by atoms with Crippen molar-refractivity contribution in [2.45, 2.75) is 70.7 Å². The molecule has 1 saturated heterocycles. The van der Waals surface area contributed by atoms with Gasteiger partial charge in [-0.1, -0.05) is 11.2 Å². The Morgan fingerprint density at radius 3 is 2.59 bits per heavy atom. The minimum Gasteiger partial charge on any atom is -0.444 e. The molecule has 0 spiro atoms. The maximum Gasteiger partial charge on any atom is 0.410 e. The summed E-state index contributed by atoms with van der Waals surface area (Å²) in [5.74, 6) is 0.371. The summed E-state index contributed by atoms with van der Waals surface area (Å²) < 4.78 is 52.4. The first-order chi connectivity index (χ1) is 21.8. The fraction of sp³-hybridized carbons (Fsp3) is 0.452. The van der Waals surface area contributed by atoms with E-state index in [2.05, 4.69) is 30.5 Å². The fourth-order valence-corrected chi connectivity index (χ4v) is 5.27. The number of nitrogens with one attached hydrogen (secondary N) is 1. The van der Waals surface area contributed by atoms with Crippen molar-refractivity contribution in [2.75, 3.05) is 18.4 Å². The number of carbonyl (C=O) groups is 2. The van der Waals surface area contributed by atoms with Crippen molar-refractivity contribution in [3.05, 3.63) is 60.5 Å². The van der Waals surface area contributed by atoms with Crippen LogP contribution in [0.4, 0.5) is 23.8 Å². The van der Waals surface area contributed by atoms with Gasteiger partial charge in [-0.15, -0.1) is 0 Å². The van der Waals surface area contributed by atoms with Crippen molar-refractivity contribution in [3.8, 4) is 22.6 Å². The lowest BCUT2D eigenvalue weighted by Crippen LogP contribution is -2.42. The predicted octanol–water partition coefficient (Wildman–Crippen LogP) is 6.10. The SMILES string of the molecule is CC(C)(C)OC(=O)N1CCC[C@H](c2nc(-c3ccc(NC(=O)c4cccc(-c5cnn(CC6(C(F)(F)F)CC6)c5)n4)nc3)no2)C1. The highest BCUT2D eigenvalue weighted by atomic mass is 19.4. The fourth-order valence-electron chi connectivity index (χ4n) is 5.27. The summed E-state index contributed by atoms with van der Waals surface area (Å²) in [7, 11) is 0. The Morgan fingerprint density at radius 2 is 1.89 bits per heavy atom. The van der Waals surface area contributed by atoms with Gasteiger partial charge in [-0.25, -0.2) is 14.8 Å². The zero-order chi connectivity index (χ0) is 32.7. The molecule has 1 saturated carbocycles. The van der Waals surface area contributed by atoms with Gasteiger partial charge in [0.15, 0.2) is 0 Å². The lowest BCUT2D eigenvalue weighted by atomic mass is 9.98. The van der Waals surface area contributed by atoms with Crippen molar-refractivity contribution in [1.82, 2.24) is 34.8 Å². The lowest BCUT2D eigenvalue weighted by molar-refractivity contribution is -0.191. The van der Waals surface area contributed by atoms with Gasteiger partial charge in [0.05, 0.1) is 29.8 Å². The average molecular weight is 639 g/mol. The number of rotatable bonds is 7. The number of carbonyl (C=O) groups excluding carboxylic acids is 2. The molecule has 2 fully saturated rings. The summed E-state index contributed by atoms with van der Waals surface area (Å²) in [4.78, 5) is 40.3. The molecule has 6 rings (SSSR count). The van der Waals surface area contributed by atoms with E-state index in [1.807, 2.05) is 20.8 Å². The molecule has 1 aliphatic carbocycles. The Balaban J connectivity index is 1.07. The number of anilines is 1. The second-order valence-electron chi connectivity index (χ2n) is 12.7. The Morgan fingerprint density at radius 1 is 1.09 bits per heavy atom. The molecule has 0 bridgehead atoms. The Hall–Kier alpha value is -4.82. The van der Waals surface area contributed by atoms with Gasteiger partial charge in [-0.3, -0.25) is 9.48 Å². The maximum absolute atomic E-state index is 13.4. The number of ether oxygens (including phenoxy) is 1. The molecule has 4 aromatic rings. The molecule has 1 atom stereocenters. The minimum atomic E-state index is -4.28. The van der Waals surface area contributed by atoms with Crippen molar-refractivity contribution in [2.24, 2.45) is 5.41 Å². The van der Waals surface area contributed by atoms with Crippen molar-refractivity contribution < 1.29 is 32.0 Å². The highest BCUT2D eigenvalue weighted by molar-refractivity contribution is 6.02. The molecule has 15 heteroatoms. The summed E-state index contributed by atoms with van der Waals surface area (Å²) in [6.45, 7) is 6.23. The van der Waals surface area contributed by atoms with E-state index in [1.165, 1.54) is 29.3 Å². The zero-order valence-corrected chi connectivity index (χ0v) is 25.5. The molecule has 2 aliphatic rings. The van der Waals surface area contributed by atoms with Crippen molar-refractivity contribution >= 4 is 17.8 Å². The third-order valence-electron chi connectivity index (χ3n) is 7.96. The van der Waals surface area contributed by atoms with Crippen LogP contribution < -0.4 is 5.32 Å². The Kier molecular flexibility index (Phi) is 8.02. The Bertz CT molecular complexity index is 1720. The highest BCUT2D eigenvalue weighted by Gasteiger charge is 2.63. The number of hydrogen-bond acceptors (Lipinski definition) is 9. The number of aromatic nitrogens is 6. The Labute approximate surface area is 262 Å². The number of likely N-dealkylation sites (tertiary alicyclic amines) is 1. The van der Waals surface area contributed by atoms with E-state index in [0.29, 0.717) is 41.6 Å². The van der Waals surface area contributed by atoms with Crippen molar-refractivity contribution in [1.29, 1.82) is 0 Å². The number of halogens is 3. The maximum atomic E-state index is 13.4. The van der Waals surface area contributed by atoms with Gasteiger partial charge in [-0.2, -0.15) is 23.3 Å². The van der Waals surface area contributed by atoms with Crippen molar-refractivity contribution in [3.63, 3.8) is 0 Å². The molecule has 46 heavy (non-hydrogen) atoms. The third kappa shape index (κ3) is 6.87. The number of pyridine rings is 2. The van der Waals surface area contributed by atoms with Crippen LogP contribution in [-0.2, 0) is 11.3 Å². The normalized spacial score (nSPS) is 17.9. The second kappa shape index (κ2) is 11.8. The quantitative estimate of drug-likeness (QED) is 0.254. The van der Waals surface area contributed by atoms with Gasteiger partial charge in [0.1, 0.15) is 17.1 Å². The van der Waals surface area contributed by atoms with E-state index in [0.717, 1.165) is 12.8 Å². The minimum absolute atomic E-state index is 0.0848. The van der Waals surface area contributed by atoms with Crippen LogP contribution in [0.25, 0.3) is 22.6 Å². The van der Waals surface area contributed by atoms with Crippen LogP contribution >= 0.6 is 0 Å². The van der Waals surface area contributed by atoms with Gasteiger partial charge in [0.25, 0.3) is 5.91 Å². The number of hydrogen-bond donors (Lipinski definition) is 1. The molecule has 5 heterocycles. The molecule has 242 valence electrons. The predicted molar refractivity (Wildman–Crippen MR) is 158 cm³/mol. The first kappa shape index (κ1) is 31.2. The van der Waals surface area contributed by atoms with E-state index >= 15 is 0 Å². The van der Waals surface area contributed by atoms with E-state index in [9.17, 15) is 22.8 Å². The molecule has 0 radical (unpaired) electrons. The van der Waals surface area contributed by atoms with Crippen LogP contribution in [0.1, 0.15) is 68.8 Å². The summed E-state index contributed by atoms with van der Waals surface area (Å²) >= 11 is 0. The largest absolute Gasteiger partial charge is 0.444 e. The summed E-state index contributed by atoms with van der Waals surface area (Å²) in [5, 5.41) is 10.9. The topological polar surface area (TPSA) is 141 Å².